The molecular weight excluding hydrogens is 258 g/mol. The highest BCUT2D eigenvalue weighted by Gasteiger charge is 2.15. The first kappa shape index (κ1) is 14.7. The van der Waals surface area contributed by atoms with E-state index in [0.717, 1.165) is 25.3 Å². The van der Waals surface area contributed by atoms with Crippen LogP contribution in [0.25, 0.3) is 0 Å². The van der Waals surface area contributed by atoms with Crippen molar-refractivity contribution in [3.8, 4) is 6.07 Å². The fraction of sp³-hybridized carbons (Fsp3) is 0.438. The summed E-state index contributed by atoms with van der Waals surface area (Å²) in [6.07, 6.45) is 7.85. The fourth-order valence-corrected chi connectivity index (χ4v) is 2.47. The van der Waals surface area contributed by atoms with Crippen LogP contribution >= 0.6 is 0 Å². The first-order chi connectivity index (χ1) is 9.70. The molecule has 0 bridgehead atoms. The molecule has 1 aromatic rings. The van der Waals surface area contributed by atoms with Crippen molar-refractivity contribution in [2.45, 2.75) is 38.1 Å². The zero-order valence-corrected chi connectivity index (χ0v) is 11.3. The monoisotopic (exact) mass is 276 g/mol. The van der Waals surface area contributed by atoms with Crippen LogP contribution < -0.4 is 5.32 Å². The van der Waals surface area contributed by atoms with Gasteiger partial charge in [-0.3, -0.25) is 5.32 Å². The van der Waals surface area contributed by atoms with Crippen LogP contribution in [0.4, 0.5) is 8.78 Å². The Morgan fingerprint density at radius 1 is 1.30 bits per heavy atom. The number of benzene rings is 1. The first-order valence-electron chi connectivity index (χ1n) is 6.96. The second kappa shape index (κ2) is 7.16. The van der Waals surface area contributed by atoms with Gasteiger partial charge in [-0.15, -0.1) is 0 Å². The molecule has 0 radical (unpaired) electrons. The van der Waals surface area contributed by atoms with Gasteiger partial charge in [-0.2, -0.15) is 5.26 Å². The number of hydrogen-bond donors (Lipinski definition) is 1. The molecular formula is C16H18F2N2. The number of rotatable bonds is 5. The van der Waals surface area contributed by atoms with Gasteiger partial charge in [0.15, 0.2) is 0 Å². The van der Waals surface area contributed by atoms with E-state index in [9.17, 15) is 8.78 Å². The lowest BCUT2D eigenvalue weighted by Gasteiger charge is -2.15. The molecule has 2 nitrogen and oxygen atoms in total. The molecule has 20 heavy (non-hydrogen) atoms. The molecule has 0 amide bonds. The van der Waals surface area contributed by atoms with E-state index in [2.05, 4.69) is 11.4 Å². The molecule has 0 spiro atoms. The molecule has 0 heterocycles. The van der Waals surface area contributed by atoms with Crippen LogP contribution in [-0.2, 0) is 0 Å². The largest absolute Gasteiger partial charge is 0.298 e. The topological polar surface area (TPSA) is 35.8 Å². The predicted molar refractivity (Wildman–Crippen MR) is 73.9 cm³/mol. The van der Waals surface area contributed by atoms with Gasteiger partial charge in [0.2, 0.25) is 0 Å². The molecule has 0 aromatic heterocycles. The maximum absolute atomic E-state index is 13.6. The predicted octanol–water partition coefficient (Wildman–Crippen LogP) is 4.01. The van der Waals surface area contributed by atoms with Gasteiger partial charge in [0, 0.05) is 18.2 Å². The second-order valence-corrected chi connectivity index (χ2v) is 5.04. The lowest BCUT2D eigenvalue weighted by molar-refractivity contribution is 0.541. The van der Waals surface area contributed by atoms with E-state index in [-0.39, 0.29) is 5.56 Å². The van der Waals surface area contributed by atoms with Gasteiger partial charge in [-0.05, 0) is 38.2 Å². The third-order valence-corrected chi connectivity index (χ3v) is 3.58. The standard InChI is InChI=1S/C16H18F2N2/c17-13-6-7-14(15(18)10-13)16(11-19)20-9-8-12-4-2-1-3-5-12/h4,6-7,10,16,20H,1-3,5,8-9H2. The van der Waals surface area contributed by atoms with E-state index < -0.39 is 17.7 Å². The van der Waals surface area contributed by atoms with Crippen molar-refractivity contribution < 1.29 is 8.78 Å². The van der Waals surface area contributed by atoms with Gasteiger partial charge in [0.25, 0.3) is 0 Å². The minimum absolute atomic E-state index is 0.200. The Hall–Kier alpha value is -1.73. The Morgan fingerprint density at radius 3 is 2.80 bits per heavy atom. The van der Waals surface area contributed by atoms with E-state index in [1.807, 2.05) is 6.07 Å². The van der Waals surface area contributed by atoms with Gasteiger partial charge in [0.05, 0.1) is 6.07 Å². The van der Waals surface area contributed by atoms with Crippen molar-refractivity contribution in [3.63, 3.8) is 0 Å². The van der Waals surface area contributed by atoms with Crippen LogP contribution in [0.1, 0.15) is 43.7 Å². The van der Waals surface area contributed by atoms with E-state index in [4.69, 9.17) is 5.26 Å². The normalized spacial score (nSPS) is 16.4. The molecule has 0 aliphatic heterocycles. The Kier molecular flexibility index (Phi) is 5.25. The quantitative estimate of drug-likeness (QED) is 0.825. The highest BCUT2D eigenvalue weighted by molar-refractivity contribution is 5.26. The fourth-order valence-electron chi connectivity index (χ4n) is 2.47. The summed E-state index contributed by atoms with van der Waals surface area (Å²) in [7, 11) is 0. The van der Waals surface area contributed by atoms with E-state index in [0.29, 0.717) is 6.54 Å². The molecule has 1 N–H and O–H groups in total. The van der Waals surface area contributed by atoms with E-state index in [1.165, 1.54) is 30.5 Å². The Morgan fingerprint density at radius 2 is 2.15 bits per heavy atom. The van der Waals surface area contributed by atoms with Crippen molar-refractivity contribution in [2.24, 2.45) is 0 Å². The molecule has 106 valence electrons. The first-order valence-corrected chi connectivity index (χ1v) is 6.96. The SMILES string of the molecule is N#CC(NCCC1=CCCCC1)c1ccc(F)cc1F. The van der Waals surface area contributed by atoms with E-state index >= 15 is 0 Å². The molecule has 2 rings (SSSR count). The number of halogens is 2. The van der Waals surface area contributed by atoms with Crippen LogP contribution in [0.5, 0.6) is 0 Å². The lowest BCUT2D eigenvalue weighted by atomic mass is 9.97. The van der Waals surface area contributed by atoms with Crippen LogP contribution in [0.15, 0.2) is 29.8 Å². The van der Waals surface area contributed by atoms with Crippen molar-refractivity contribution in [2.75, 3.05) is 6.54 Å². The minimum atomic E-state index is -0.736. The highest BCUT2D eigenvalue weighted by Crippen LogP contribution is 2.21. The Balaban J connectivity index is 1.92. The molecule has 1 aromatic carbocycles. The molecule has 1 atom stereocenters. The third kappa shape index (κ3) is 3.88. The third-order valence-electron chi connectivity index (χ3n) is 3.58. The van der Waals surface area contributed by atoms with Gasteiger partial charge in [-0.25, -0.2) is 8.78 Å². The average Bonchev–Trinajstić information content (AvgIpc) is 2.46. The van der Waals surface area contributed by atoms with Crippen molar-refractivity contribution >= 4 is 0 Å². The molecule has 1 aliphatic rings. The number of allylic oxidation sites excluding steroid dienone is 1. The van der Waals surface area contributed by atoms with E-state index in [1.54, 1.807) is 0 Å². The second-order valence-electron chi connectivity index (χ2n) is 5.04. The lowest BCUT2D eigenvalue weighted by Crippen LogP contribution is -2.22. The smallest absolute Gasteiger partial charge is 0.131 e. The Bertz CT molecular complexity index is 532. The highest BCUT2D eigenvalue weighted by atomic mass is 19.1. The molecule has 0 fully saturated rings. The van der Waals surface area contributed by atoms with Gasteiger partial charge in [-0.1, -0.05) is 17.7 Å². The summed E-state index contributed by atoms with van der Waals surface area (Å²) in [5.74, 6) is -1.31. The zero-order chi connectivity index (χ0) is 14.4. The zero-order valence-electron chi connectivity index (χ0n) is 11.3. The number of nitrogens with one attached hydrogen (secondary N) is 1. The van der Waals surface area contributed by atoms with Crippen molar-refractivity contribution in [1.82, 2.24) is 5.32 Å². The Labute approximate surface area is 118 Å². The van der Waals surface area contributed by atoms with Crippen LogP contribution in [0, 0.1) is 23.0 Å². The maximum Gasteiger partial charge on any atom is 0.131 e. The number of hydrogen-bond acceptors (Lipinski definition) is 2. The summed E-state index contributed by atoms with van der Waals surface area (Å²) in [4.78, 5) is 0. The average molecular weight is 276 g/mol. The summed E-state index contributed by atoms with van der Waals surface area (Å²) in [6.45, 7) is 0.626. The summed E-state index contributed by atoms with van der Waals surface area (Å²) < 4.78 is 26.5. The summed E-state index contributed by atoms with van der Waals surface area (Å²) in [5.41, 5.74) is 1.60. The van der Waals surface area contributed by atoms with Gasteiger partial charge >= 0.3 is 0 Å². The van der Waals surface area contributed by atoms with Crippen LogP contribution in [-0.4, -0.2) is 6.54 Å². The molecule has 1 unspecified atom stereocenters. The van der Waals surface area contributed by atoms with Crippen molar-refractivity contribution in [3.05, 3.63) is 47.0 Å². The summed E-state index contributed by atoms with van der Waals surface area (Å²) in [5, 5.41) is 12.2. The summed E-state index contributed by atoms with van der Waals surface area (Å²) in [6, 6.07) is 4.60. The number of nitrogens with zero attached hydrogens (tertiary/aromatic N) is 1. The van der Waals surface area contributed by atoms with Crippen molar-refractivity contribution in [1.29, 1.82) is 5.26 Å². The minimum Gasteiger partial charge on any atom is -0.298 e. The number of nitriles is 1. The molecule has 4 heteroatoms. The van der Waals surface area contributed by atoms with Crippen LogP contribution in [0.3, 0.4) is 0 Å². The molecule has 1 aliphatic carbocycles. The maximum atomic E-state index is 13.6. The molecule has 0 saturated carbocycles. The van der Waals surface area contributed by atoms with Gasteiger partial charge < -0.3 is 0 Å². The van der Waals surface area contributed by atoms with Crippen LogP contribution in [0.2, 0.25) is 0 Å². The molecule has 0 saturated heterocycles. The van der Waals surface area contributed by atoms with Gasteiger partial charge in [0.1, 0.15) is 17.7 Å². The summed E-state index contributed by atoms with van der Waals surface area (Å²) >= 11 is 0.